The van der Waals surface area contributed by atoms with Crippen molar-refractivity contribution in [3.63, 3.8) is 0 Å². The second kappa shape index (κ2) is 3.74. The average Bonchev–Trinajstić information content (AvgIpc) is 1.67. The summed E-state index contributed by atoms with van der Waals surface area (Å²) in [7, 11) is 1.31. The van der Waals surface area contributed by atoms with Crippen molar-refractivity contribution in [2.75, 3.05) is 12.8 Å². The molecule has 0 unspecified atom stereocenters. The molecule has 0 aromatic rings. The molecule has 0 heterocycles. The summed E-state index contributed by atoms with van der Waals surface area (Å²) < 4.78 is 0. The van der Waals surface area contributed by atoms with Crippen molar-refractivity contribution in [3.8, 4) is 0 Å². The Kier molecular flexibility index (Phi) is 3.64. The second-order valence-corrected chi connectivity index (χ2v) is 2.44. The highest BCUT2D eigenvalue weighted by Gasteiger charge is 2.01. The number of amides is 1. The number of rotatable bonds is 1. The number of nitrogens with zero attached hydrogens (tertiary/aromatic N) is 1. The van der Waals surface area contributed by atoms with E-state index < -0.39 is 0 Å². The first-order valence-electron chi connectivity index (χ1n) is 2.27. The minimum Gasteiger partial charge on any atom is -0.285 e. The molecule has 3 nitrogen and oxygen atoms in total. The summed E-state index contributed by atoms with van der Waals surface area (Å²) in [5.74, 6) is 0.698. The monoisotopic (exact) mass is 135 g/mol. The molecule has 0 atom stereocenters. The van der Waals surface area contributed by atoms with Gasteiger partial charge in [0.2, 0.25) is 0 Å². The number of hydrogen-bond acceptors (Lipinski definition) is 3. The zero-order valence-electron chi connectivity index (χ0n) is 4.92. The first-order valence-corrected chi connectivity index (χ1v) is 3.26. The lowest BCUT2D eigenvalue weighted by Crippen LogP contribution is -2.17. The molecule has 0 radical (unpaired) electrons. The van der Waals surface area contributed by atoms with E-state index in [9.17, 15) is 4.79 Å². The van der Waals surface area contributed by atoms with Gasteiger partial charge in [-0.25, -0.2) is 5.06 Å². The van der Waals surface area contributed by atoms with Crippen LogP contribution in [0.5, 0.6) is 0 Å². The van der Waals surface area contributed by atoms with E-state index in [1.807, 2.05) is 6.92 Å². The van der Waals surface area contributed by atoms with Crippen LogP contribution < -0.4 is 0 Å². The van der Waals surface area contributed by atoms with E-state index in [-0.39, 0.29) is 5.24 Å². The lowest BCUT2D eigenvalue weighted by atomic mass is 11.0. The zero-order chi connectivity index (χ0) is 6.57. The molecule has 0 bridgehead atoms. The maximum Gasteiger partial charge on any atom is 0.304 e. The molecule has 0 aliphatic carbocycles. The largest absolute Gasteiger partial charge is 0.304 e. The minimum atomic E-state index is -0.312. The van der Waals surface area contributed by atoms with E-state index in [2.05, 4.69) is 0 Å². The van der Waals surface area contributed by atoms with E-state index in [1.54, 1.807) is 0 Å². The molecule has 1 N–H and O–H groups in total. The summed E-state index contributed by atoms with van der Waals surface area (Å²) >= 11 is 1.08. The van der Waals surface area contributed by atoms with Gasteiger partial charge in [-0.1, -0.05) is 18.7 Å². The Morgan fingerprint density at radius 3 is 2.50 bits per heavy atom. The molecule has 0 rings (SSSR count). The number of carbonyl (C=O) groups excluding carboxylic acids is 1. The van der Waals surface area contributed by atoms with Gasteiger partial charge in [0, 0.05) is 7.05 Å². The normalized spacial score (nSPS) is 8.88. The fraction of sp³-hybridized carbons (Fsp3) is 0.750. The zero-order valence-corrected chi connectivity index (χ0v) is 5.73. The van der Waals surface area contributed by atoms with Crippen LogP contribution in [0, 0.1) is 0 Å². The Morgan fingerprint density at radius 2 is 2.38 bits per heavy atom. The number of carbonyl (C=O) groups is 1. The Morgan fingerprint density at radius 1 is 1.88 bits per heavy atom. The van der Waals surface area contributed by atoms with Crippen LogP contribution in [0.4, 0.5) is 4.79 Å². The fourth-order valence-corrected chi connectivity index (χ4v) is 0.651. The third-order valence-corrected chi connectivity index (χ3v) is 1.33. The summed E-state index contributed by atoms with van der Waals surface area (Å²) in [6, 6.07) is 0. The highest BCUT2D eigenvalue weighted by atomic mass is 32.2. The lowest BCUT2D eigenvalue weighted by Gasteiger charge is -2.04. The molecular formula is C4H9NO2S. The maximum absolute atomic E-state index is 10.4. The molecule has 0 aromatic heterocycles. The van der Waals surface area contributed by atoms with Gasteiger partial charge in [0.1, 0.15) is 0 Å². The van der Waals surface area contributed by atoms with Crippen molar-refractivity contribution in [2.45, 2.75) is 6.92 Å². The maximum atomic E-state index is 10.4. The Balaban J connectivity index is 3.33. The minimum absolute atomic E-state index is 0.312. The molecule has 1 amide bonds. The molecule has 0 spiro atoms. The molecule has 0 aliphatic heterocycles. The van der Waals surface area contributed by atoms with Gasteiger partial charge in [-0.15, -0.1) is 0 Å². The summed E-state index contributed by atoms with van der Waals surface area (Å²) in [4.78, 5) is 10.4. The number of hydroxylamine groups is 2. The van der Waals surface area contributed by atoms with Gasteiger partial charge >= 0.3 is 5.24 Å². The molecule has 0 fully saturated rings. The summed E-state index contributed by atoms with van der Waals surface area (Å²) in [6.45, 7) is 1.85. The average molecular weight is 135 g/mol. The highest BCUT2D eigenvalue weighted by Crippen LogP contribution is 2.02. The van der Waals surface area contributed by atoms with Gasteiger partial charge in [0.25, 0.3) is 0 Å². The Hall–Kier alpha value is -0.220. The SMILES string of the molecule is CCSC(=O)N(C)O. The quantitative estimate of drug-likeness (QED) is 0.433. The molecule has 8 heavy (non-hydrogen) atoms. The molecule has 4 heteroatoms. The van der Waals surface area contributed by atoms with Crippen LogP contribution in [-0.4, -0.2) is 28.3 Å². The lowest BCUT2D eigenvalue weighted by molar-refractivity contribution is -0.00550. The molecule has 0 aromatic carbocycles. The topological polar surface area (TPSA) is 40.5 Å². The van der Waals surface area contributed by atoms with Gasteiger partial charge in [-0.05, 0) is 5.75 Å². The van der Waals surface area contributed by atoms with Gasteiger partial charge in [-0.2, -0.15) is 0 Å². The van der Waals surface area contributed by atoms with Crippen molar-refractivity contribution in [1.29, 1.82) is 0 Å². The van der Waals surface area contributed by atoms with E-state index in [1.165, 1.54) is 7.05 Å². The van der Waals surface area contributed by atoms with E-state index in [0.717, 1.165) is 11.8 Å². The third kappa shape index (κ3) is 2.87. The van der Waals surface area contributed by atoms with E-state index in [4.69, 9.17) is 5.21 Å². The molecule has 48 valence electrons. The van der Waals surface area contributed by atoms with Crippen molar-refractivity contribution in [2.24, 2.45) is 0 Å². The predicted molar refractivity (Wildman–Crippen MR) is 33.1 cm³/mol. The van der Waals surface area contributed by atoms with Gasteiger partial charge in [-0.3, -0.25) is 10.0 Å². The second-order valence-electron chi connectivity index (χ2n) is 1.22. The molecular weight excluding hydrogens is 126 g/mol. The van der Waals surface area contributed by atoms with Gasteiger partial charge in [0.15, 0.2) is 0 Å². The Bertz CT molecular complexity index is 84.1. The third-order valence-electron chi connectivity index (χ3n) is 0.532. The van der Waals surface area contributed by atoms with Crippen molar-refractivity contribution < 1.29 is 10.0 Å². The summed E-state index contributed by atoms with van der Waals surface area (Å²) in [5.41, 5.74) is 0. The highest BCUT2D eigenvalue weighted by molar-refractivity contribution is 8.13. The number of hydrogen-bond donors (Lipinski definition) is 1. The summed E-state index contributed by atoms with van der Waals surface area (Å²) in [6.07, 6.45) is 0. The van der Waals surface area contributed by atoms with Crippen molar-refractivity contribution >= 4 is 17.0 Å². The first-order chi connectivity index (χ1) is 3.68. The molecule has 0 saturated heterocycles. The van der Waals surface area contributed by atoms with Crippen LogP contribution in [0.3, 0.4) is 0 Å². The van der Waals surface area contributed by atoms with Crippen molar-refractivity contribution in [1.82, 2.24) is 5.06 Å². The predicted octanol–water partition coefficient (Wildman–Crippen LogP) is 1.18. The first kappa shape index (κ1) is 7.78. The van der Waals surface area contributed by atoms with E-state index in [0.29, 0.717) is 10.8 Å². The Labute approximate surface area is 52.6 Å². The van der Waals surface area contributed by atoms with Crippen LogP contribution in [0.1, 0.15) is 6.92 Å². The van der Waals surface area contributed by atoms with Crippen LogP contribution in [0.15, 0.2) is 0 Å². The molecule has 0 saturated carbocycles. The number of thioether (sulfide) groups is 1. The van der Waals surface area contributed by atoms with Crippen LogP contribution >= 0.6 is 11.8 Å². The molecule has 0 aliphatic rings. The standard InChI is InChI=1S/C4H9NO2S/c1-3-8-4(6)5(2)7/h7H,3H2,1-2H3. The van der Waals surface area contributed by atoms with Crippen LogP contribution in [0.25, 0.3) is 0 Å². The van der Waals surface area contributed by atoms with Crippen LogP contribution in [0.2, 0.25) is 0 Å². The summed E-state index contributed by atoms with van der Waals surface area (Å²) in [5, 5.41) is 8.68. The van der Waals surface area contributed by atoms with E-state index >= 15 is 0 Å². The van der Waals surface area contributed by atoms with Crippen LogP contribution in [-0.2, 0) is 0 Å². The van der Waals surface area contributed by atoms with Gasteiger partial charge < -0.3 is 0 Å². The fourth-order valence-electron chi connectivity index (χ4n) is 0.217. The van der Waals surface area contributed by atoms with Gasteiger partial charge in [0.05, 0.1) is 0 Å². The smallest absolute Gasteiger partial charge is 0.285 e. The van der Waals surface area contributed by atoms with Crippen molar-refractivity contribution in [3.05, 3.63) is 0 Å².